The number of rotatable bonds is 2. The highest BCUT2D eigenvalue weighted by molar-refractivity contribution is 9.09. The molecule has 0 N–H and O–H groups in total. The van der Waals surface area contributed by atoms with Crippen LogP contribution in [0.1, 0.15) is 15.3 Å². The molecule has 0 amide bonds. The number of thiophene rings is 1. The van der Waals surface area contributed by atoms with E-state index in [0.717, 1.165) is 15.5 Å². The van der Waals surface area contributed by atoms with Crippen molar-refractivity contribution in [2.45, 2.75) is 4.83 Å². The molecular weight excluding hydrogens is 350 g/mol. The van der Waals surface area contributed by atoms with Crippen LogP contribution >= 0.6 is 62.1 Å². The zero-order chi connectivity index (χ0) is 11.7. The smallest absolute Gasteiger partial charge is 0.0767 e. The summed E-state index contributed by atoms with van der Waals surface area (Å²) in [5, 5.41) is 3.97. The Hall–Kier alpha value is 0.270. The zero-order valence-corrected chi connectivity index (χ0v) is 12.6. The van der Waals surface area contributed by atoms with Crippen molar-refractivity contribution in [3.05, 3.63) is 55.2 Å². The Morgan fingerprint density at radius 1 is 1.06 bits per heavy atom. The third-order valence-corrected chi connectivity index (χ3v) is 5.35. The molecule has 1 aromatic heterocycles. The van der Waals surface area contributed by atoms with Crippen LogP contribution in [0.4, 0.5) is 0 Å². The van der Waals surface area contributed by atoms with Gasteiger partial charge >= 0.3 is 0 Å². The van der Waals surface area contributed by atoms with Crippen LogP contribution < -0.4 is 0 Å². The van der Waals surface area contributed by atoms with Crippen LogP contribution in [-0.2, 0) is 0 Å². The van der Waals surface area contributed by atoms with E-state index in [1.165, 1.54) is 0 Å². The van der Waals surface area contributed by atoms with Crippen LogP contribution in [0.2, 0.25) is 15.1 Å². The fraction of sp³-hybridized carbons (Fsp3) is 0.0909. The lowest BCUT2D eigenvalue weighted by Gasteiger charge is -2.11. The van der Waals surface area contributed by atoms with Crippen LogP contribution in [0.15, 0.2) is 29.6 Å². The van der Waals surface area contributed by atoms with Crippen LogP contribution in [-0.4, -0.2) is 0 Å². The van der Waals surface area contributed by atoms with Crippen molar-refractivity contribution in [1.82, 2.24) is 0 Å². The van der Waals surface area contributed by atoms with Gasteiger partial charge < -0.3 is 0 Å². The minimum atomic E-state index is 0.00441. The molecule has 0 spiro atoms. The van der Waals surface area contributed by atoms with Gasteiger partial charge in [0.15, 0.2) is 0 Å². The lowest BCUT2D eigenvalue weighted by molar-refractivity contribution is 1.23. The van der Waals surface area contributed by atoms with Crippen molar-refractivity contribution in [2.75, 3.05) is 0 Å². The number of hydrogen-bond acceptors (Lipinski definition) is 1. The minimum Gasteiger partial charge on any atom is -0.146 e. The molecule has 84 valence electrons. The van der Waals surface area contributed by atoms with E-state index in [4.69, 9.17) is 34.8 Å². The van der Waals surface area contributed by atoms with Gasteiger partial charge in [-0.1, -0.05) is 56.8 Å². The third kappa shape index (κ3) is 2.57. The summed E-state index contributed by atoms with van der Waals surface area (Å²) in [7, 11) is 0. The molecular formula is C11H6BrCl3S. The van der Waals surface area contributed by atoms with E-state index in [1.54, 1.807) is 17.4 Å². The highest BCUT2D eigenvalue weighted by Gasteiger charge is 2.17. The van der Waals surface area contributed by atoms with Crippen molar-refractivity contribution < 1.29 is 0 Å². The number of benzene rings is 1. The number of hydrogen-bond donors (Lipinski definition) is 0. The van der Waals surface area contributed by atoms with Gasteiger partial charge in [0.25, 0.3) is 0 Å². The van der Waals surface area contributed by atoms with Gasteiger partial charge in [-0.05, 0) is 29.1 Å². The molecule has 5 heteroatoms. The summed E-state index contributed by atoms with van der Waals surface area (Å²) in [6.45, 7) is 0. The first-order valence-electron chi connectivity index (χ1n) is 4.41. The fourth-order valence-electron chi connectivity index (χ4n) is 1.33. The van der Waals surface area contributed by atoms with Crippen molar-refractivity contribution in [2.24, 2.45) is 0 Å². The average molecular weight is 356 g/mol. The van der Waals surface area contributed by atoms with Gasteiger partial charge in [-0.15, -0.1) is 11.3 Å². The average Bonchev–Trinajstić information content (AvgIpc) is 2.63. The molecule has 0 nitrogen and oxygen atoms in total. The van der Waals surface area contributed by atoms with Gasteiger partial charge in [0.05, 0.1) is 9.85 Å². The lowest BCUT2D eigenvalue weighted by Crippen LogP contribution is -1.91. The third-order valence-electron chi connectivity index (χ3n) is 2.11. The molecule has 0 fully saturated rings. The maximum atomic E-state index is 6.14. The monoisotopic (exact) mass is 354 g/mol. The van der Waals surface area contributed by atoms with E-state index in [-0.39, 0.29) is 4.83 Å². The Labute approximate surface area is 121 Å². The Bertz CT molecular complexity index is 510. The second-order valence-corrected chi connectivity index (χ2v) is 6.28. The first kappa shape index (κ1) is 12.7. The summed E-state index contributed by atoms with van der Waals surface area (Å²) in [5.74, 6) is 0. The van der Waals surface area contributed by atoms with Crippen molar-refractivity contribution in [1.29, 1.82) is 0 Å². The summed E-state index contributed by atoms with van der Waals surface area (Å²) < 4.78 is 0. The Balaban J connectivity index is 2.41. The molecule has 0 aliphatic rings. The molecule has 1 aromatic carbocycles. The second kappa shape index (κ2) is 5.28. The minimum absolute atomic E-state index is 0.00441. The second-order valence-electron chi connectivity index (χ2n) is 3.16. The molecule has 1 heterocycles. The summed E-state index contributed by atoms with van der Waals surface area (Å²) >= 11 is 23.3. The van der Waals surface area contributed by atoms with Gasteiger partial charge in [-0.3, -0.25) is 0 Å². The van der Waals surface area contributed by atoms with Gasteiger partial charge in [0.1, 0.15) is 0 Å². The number of halogens is 4. The Morgan fingerprint density at radius 3 is 2.38 bits per heavy atom. The van der Waals surface area contributed by atoms with E-state index in [0.29, 0.717) is 10.0 Å². The van der Waals surface area contributed by atoms with Crippen molar-refractivity contribution in [3.63, 3.8) is 0 Å². The Kier molecular flexibility index (Phi) is 4.20. The molecule has 16 heavy (non-hydrogen) atoms. The molecule has 0 aliphatic heterocycles. The molecule has 0 aliphatic carbocycles. The summed E-state index contributed by atoms with van der Waals surface area (Å²) in [5.41, 5.74) is 0.968. The van der Waals surface area contributed by atoms with E-state index in [2.05, 4.69) is 15.9 Å². The van der Waals surface area contributed by atoms with E-state index in [1.807, 2.05) is 23.6 Å². The van der Waals surface area contributed by atoms with Gasteiger partial charge in [-0.25, -0.2) is 0 Å². The standard InChI is InChI=1S/C11H6BrCl3S/c12-10(11-8(14)3-4-16-11)7-2-1-6(13)5-9(7)15/h1-5,10H. The molecule has 0 radical (unpaired) electrons. The summed E-state index contributed by atoms with van der Waals surface area (Å²) in [6.07, 6.45) is 0. The quantitative estimate of drug-likeness (QED) is 0.563. The molecule has 2 aromatic rings. The molecule has 1 atom stereocenters. The Morgan fingerprint density at radius 2 is 1.81 bits per heavy atom. The van der Waals surface area contributed by atoms with Gasteiger partial charge in [-0.2, -0.15) is 0 Å². The fourth-order valence-corrected chi connectivity index (χ4v) is 4.24. The van der Waals surface area contributed by atoms with Gasteiger partial charge in [0.2, 0.25) is 0 Å². The maximum Gasteiger partial charge on any atom is 0.0767 e. The zero-order valence-electron chi connectivity index (χ0n) is 7.88. The predicted molar refractivity (Wildman–Crippen MR) is 76.6 cm³/mol. The van der Waals surface area contributed by atoms with Crippen LogP contribution in [0.5, 0.6) is 0 Å². The molecule has 2 rings (SSSR count). The normalized spacial score (nSPS) is 12.8. The largest absolute Gasteiger partial charge is 0.146 e. The topological polar surface area (TPSA) is 0 Å². The maximum absolute atomic E-state index is 6.14. The SMILES string of the molecule is Clc1ccc(C(Br)c2sccc2Cl)c(Cl)c1. The lowest BCUT2D eigenvalue weighted by atomic mass is 10.1. The summed E-state index contributed by atoms with van der Waals surface area (Å²) in [4.78, 5) is 1.05. The van der Waals surface area contributed by atoms with Crippen molar-refractivity contribution >= 4 is 62.1 Å². The highest BCUT2D eigenvalue weighted by atomic mass is 79.9. The first-order valence-corrected chi connectivity index (χ1v) is 7.34. The molecule has 0 bridgehead atoms. The van der Waals surface area contributed by atoms with Gasteiger partial charge in [0, 0.05) is 14.9 Å². The van der Waals surface area contributed by atoms with Crippen molar-refractivity contribution in [3.8, 4) is 0 Å². The molecule has 0 saturated carbocycles. The van der Waals surface area contributed by atoms with Crippen LogP contribution in [0.3, 0.4) is 0 Å². The predicted octanol–water partition coefficient (Wildman–Crippen LogP) is 6.19. The highest BCUT2D eigenvalue weighted by Crippen LogP contribution is 2.41. The summed E-state index contributed by atoms with van der Waals surface area (Å²) in [6, 6.07) is 7.33. The number of alkyl halides is 1. The molecule has 1 unspecified atom stereocenters. The first-order chi connectivity index (χ1) is 7.59. The van der Waals surface area contributed by atoms with E-state index < -0.39 is 0 Å². The van der Waals surface area contributed by atoms with Crippen LogP contribution in [0, 0.1) is 0 Å². The van der Waals surface area contributed by atoms with E-state index >= 15 is 0 Å². The van der Waals surface area contributed by atoms with E-state index in [9.17, 15) is 0 Å². The van der Waals surface area contributed by atoms with Crippen LogP contribution in [0.25, 0.3) is 0 Å². The molecule has 0 saturated heterocycles.